The maximum absolute atomic E-state index is 13.2. The van der Waals surface area contributed by atoms with Crippen LogP contribution in [0.5, 0.6) is 0 Å². The second-order valence-corrected chi connectivity index (χ2v) is 7.48. The topological polar surface area (TPSA) is 17.1 Å². The van der Waals surface area contributed by atoms with Crippen LogP contribution in [-0.4, -0.2) is 0 Å². The summed E-state index contributed by atoms with van der Waals surface area (Å²) in [5.41, 5.74) is 1.19. The molecule has 0 bridgehead atoms. The molecule has 0 saturated heterocycles. The molecule has 23 heavy (non-hydrogen) atoms. The molecule has 0 saturated carbocycles. The van der Waals surface area contributed by atoms with Crippen molar-refractivity contribution in [3.05, 3.63) is 79.3 Å². The van der Waals surface area contributed by atoms with Crippen molar-refractivity contribution < 1.29 is 0 Å². The molecule has 0 aromatic heterocycles. The van der Waals surface area contributed by atoms with Gasteiger partial charge in [-0.3, -0.25) is 4.79 Å². The minimum atomic E-state index is 0.0631. The number of hydrogen-bond acceptors (Lipinski definition) is 1. The lowest BCUT2D eigenvalue weighted by atomic mass is 10.0. The van der Waals surface area contributed by atoms with Gasteiger partial charge in [0.25, 0.3) is 0 Å². The minimum Gasteiger partial charge on any atom is -0.289 e. The van der Waals surface area contributed by atoms with E-state index in [0.717, 1.165) is 46.8 Å². The van der Waals surface area contributed by atoms with Crippen LogP contribution in [0.25, 0.3) is 32.3 Å². The molecule has 0 radical (unpaired) electrons. The van der Waals surface area contributed by atoms with Crippen LogP contribution in [0.3, 0.4) is 0 Å². The highest BCUT2D eigenvalue weighted by molar-refractivity contribution is 9.10. The molecule has 0 N–H and O–H groups in total. The van der Waals surface area contributed by atoms with Gasteiger partial charge < -0.3 is 0 Å². The Hall–Kier alpha value is -1.71. The molecule has 0 unspecified atom stereocenters. The molecule has 1 nitrogen and oxygen atoms in total. The molecular formula is C20H12Br2O. The van der Waals surface area contributed by atoms with Crippen LogP contribution in [0.4, 0.5) is 0 Å². The van der Waals surface area contributed by atoms with Crippen LogP contribution in [0.2, 0.25) is 0 Å². The predicted molar refractivity (Wildman–Crippen MR) is 105 cm³/mol. The number of aryl methyl sites for hydroxylation is 1. The van der Waals surface area contributed by atoms with Crippen molar-refractivity contribution in [1.82, 2.24) is 0 Å². The Morgan fingerprint density at radius 3 is 2.04 bits per heavy atom. The Labute approximate surface area is 150 Å². The van der Waals surface area contributed by atoms with Gasteiger partial charge in [0, 0.05) is 19.7 Å². The fraction of sp³-hybridized carbons (Fsp3) is 0.0500. The van der Waals surface area contributed by atoms with E-state index < -0.39 is 0 Å². The number of fused-ring (bicyclic) bond motifs is 5. The summed E-state index contributed by atoms with van der Waals surface area (Å²) in [6, 6.07) is 18.2. The average Bonchev–Trinajstić information content (AvgIpc) is 2.64. The minimum absolute atomic E-state index is 0.0631. The quantitative estimate of drug-likeness (QED) is 0.320. The summed E-state index contributed by atoms with van der Waals surface area (Å²) in [5.74, 6) is 0. The maximum atomic E-state index is 13.2. The van der Waals surface area contributed by atoms with Crippen molar-refractivity contribution in [3.8, 4) is 0 Å². The monoisotopic (exact) mass is 426 g/mol. The van der Waals surface area contributed by atoms with E-state index in [1.807, 2.05) is 43.3 Å². The Balaban J connectivity index is 2.48. The van der Waals surface area contributed by atoms with Gasteiger partial charge in [-0.15, -0.1) is 0 Å². The molecule has 0 aliphatic rings. The number of halogens is 2. The highest BCUT2D eigenvalue weighted by Crippen LogP contribution is 2.31. The second kappa shape index (κ2) is 5.43. The summed E-state index contributed by atoms with van der Waals surface area (Å²) in [6.45, 7) is 2.05. The van der Waals surface area contributed by atoms with Crippen molar-refractivity contribution in [2.75, 3.05) is 0 Å². The number of rotatable bonds is 0. The largest absolute Gasteiger partial charge is 0.289 e. The van der Waals surface area contributed by atoms with Crippen LogP contribution >= 0.6 is 31.9 Å². The van der Waals surface area contributed by atoms with E-state index >= 15 is 0 Å². The molecular weight excluding hydrogens is 416 g/mol. The van der Waals surface area contributed by atoms with Gasteiger partial charge in [0.2, 0.25) is 0 Å². The first-order valence-corrected chi connectivity index (χ1v) is 8.89. The van der Waals surface area contributed by atoms with E-state index in [4.69, 9.17) is 0 Å². The lowest BCUT2D eigenvalue weighted by molar-refractivity contribution is 1.47. The van der Waals surface area contributed by atoms with Gasteiger partial charge in [-0.1, -0.05) is 62.2 Å². The van der Waals surface area contributed by atoms with E-state index in [2.05, 4.69) is 50.1 Å². The zero-order valence-electron chi connectivity index (χ0n) is 12.4. The van der Waals surface area contributed by atoms with Crippen molar-refractivity contribution in [3.63, 3.8) is 0 Å². The van der Waals surface area contributed by atoms with Crippen molar-refractivity contribution >= 4 is 64.2 Å². The van der Waals surface area contributed by atoms with Gasteiger partial charge in [0.1, 0.15) is 0 Å². The first-order valence-electron chi connectivity index (χ1n) is 7.30. The Morgan fingerprint density at radius 1 is 0.696 bits per heavy atom. The Morgan fingerprint density at radius 2 is 1.30 bits per heavy atom. The fourth-order valence-electron chi connectivity index (χ4n) is 3.13. The molecule has 4 aromatic carbocycles. The first kappa shape index (κ1) is 14.9. The maximum Gasteiger partial charge on any atom is 0.194 e. The lowest BCUT2D eigenvalue weighted by Gasteiger charge is -2.02. The normalized spacial score (nSPS) is 11.4. The third-order valence-electron chi connectivity index (χ3n) is 4.28. The summed E-state index contributed by atoms with van der Waals surface area (Å²) >= 11 is 7.05. The SMILES string of the molecule is Cc1cc2c(cc1Br)c(=O)c1cc(Br)ccc1c1ccccc21. The number of benzene rings is 3. The Bertz CT molecular complexity index is 1160. The smallest absolute Gasteiger partial charge is 0.194 e. The highest BCUT2D eigenvalue weighted by Gasteiger charge is 2.10. The second-order valence-electron chi connectivity index (χ2n) is 5.71. The van der Waals surface area contributed by atoms with Crippen molar-refractivity contribution in [1.29, 1.82) is 0 Å². The summed E-state index contributed by atoms with van der Waals surface area (Å²) < 4.78 is 1.87. The zero-order chi connectivity index (χ0) is 16.1. The Kier molecular flexibility index (Phi) is 3.51. The van der Waals surface area contributed by atoms with E-state index in [9.17, 15) is 4.79 Å². The molecule has 0 heterocycles. The van der Waals surface area contributed by atoms with Gasteiger partial charge in [-0.05, 0) is 58.3 Å². The van der Waals surface area contributed by atoms with Crippen LogP contribution in [-0.2, 0) is 0 Å². The summed E-state index contributed by atoms with van der Waals surface area (Å²) in [4.78, 5) is 13.2. The third-order valence-corrected chi connectivity index (χ3v) is 5.62. The highest BCUT2D eigenvalue weighted by atomic mass is 79.9. The molecule has 3 heteroatoms. The van der Waals surface area contributed by atoms with Crippen molar-refractivity contribution in [2.24, 2.45) is 0 Å². The third kappa shape index (κ3) is 2.30. The molecule has 0 spiro atoms. The van der Waals surface area contributed by atoms with Gasteiger partial charge >= 0.3 is 0 Å². The molecule has 4 aromatic rings. The fourth-order valence-corrected chi connectivity index (χ4v) is 3.83. The number of hydrogen-bond donors (Lipinski definition) is 0. The predicted octanol–water partition coefficient (Wildman–Crippen LogP) is 6.34. The lowest BCUT2D eigenvalue weighted by Crippen LogP contribution is -1.98. The van der Waals surface area contributed by atoms with Gasteiger partial charge in [0.05, 0.1) is 0 Å². The van der Waals surface area contributed by atoms with Crippen LogP contribution < -0.4 is 5.43 Å². The molecule has 0 atom stereocenters. The molecule has 0 aliphatic heterocycles. The van der Waals surface area contributed by atoms with Gasteiger partial charge in [0.15, 0.2) is 5.43 Å². The average molecular weight is 428 g/mol. The van der Waals surface area contributed by atoms with Gasteiger partial charge in [-0.2, -0.15) is 0 Å². The van der Waals surface area contributed by atoms with E-state index in [1.165, 1.54) is 0 Å². The summed E-state index contributed by atoms with van der Waals surface area (Å²) in [6.07, 6.45) is 0. The van der Waals surface area contributed by atoms with Gasteiger partial charge in [-0.25, -0.2) is 0 Å². The molecule has 0 amide bonds. The van der Waals surface area contributed by atoms with Crippen LogP contribution in [0.1, 0.15) is 5.56 Å². The summed E-state index contributed by atoms with van der Waals surface area (Å²) in [7, 11) is 0. The van der Waals surface area contributed by atoms with Crippen molar-refractivity contribution in [2.45, 2.75) is 6.92 Å². The standard InChI is InChI=1S/C20H12Br2O/c1-11-8-16-14-5-3-2-4-13(14)15-7-6-12(21)9-17(15)20(23)18(16)10-19(11)22/h2-10H,1H3. The van der Waals surface area contributed by atoms with Crippen LogP contribution in [0, 0.1) is 6.92 Å². The van der Waals surface area contributed by atoms with E-state index in [-0.39, 0.29) is 5.43 Å². The molecule has 0 aliphatic carbocycles. The van der Waals surface area contributed by atoms with Crippen LogP contribution in [0.15, 0.2) is 68.3 Å². The van der Waals surface area contributed by atoms with E-state index in [1.54, 1.807) is 0 Å². The molecule has 0 fully saturated rings. The van der Waals surface area contributed by atoms with E-state index in [0.29, 0.717) is 0 Å². The molecule has 112 valence electrons. The summed E-state index contributed by atoms with van der Waals surface area (Å²) in [5, 5.41) is 5.67. The zero-order valence-corrected chi connectivity index (χ0v) is 15.5. The molecule has 4 rings (SSSR count). The first-order chi connectivity index (χ1) is 11.1.